The Labute approximate surface area is 138 Å². The number of hydrogen-bond donors (Lipinski definition) is 1. The first-order chi connectivity index (χ1) is 9.97. The molecule has 0 spiro atoms. The van der Waals surface area contributed by atoms with Gasteiger partial charge >= 0.3 is 0 Å². The number of carbonyl (C=O) groups is 1. The molecule has 0 atom stereocenters. The maximum absolute atomic E-state index is 13.9. The molecule has 1 N–H and O–H groups in total. The molecule has 1 aromatic carbocycles. The van der Waals surface area contributed by atoms with Crippen LogP contribution in [0, 0.1) is 5.82 Å². The Morgan fingerprint density at radius 2 is 2.10 bits per heavy atom. The highest BCUT2D eigenvalue weighted by molar-refractivity contribution is 9.10. The van der Waals surface area contributed by atoms with Crippen molar-refractivity contribution < 1.29 is 13.9 Å². The van der Waals surface area contributed by atoms with Gasteiger partial charge in [0.15, 0.2) is 5.05 Å². The minimum absolute atomic E-state index is 0.171. The molecule has 0 aliphatic carbocycles. The zero-order chi connectivity index (χ0) is 15.8. The van der Waals surface area contributed by atoms with Gasteiger partial charge in [-0.25, -0.2) is 4.39 Å². The van der Waals surface area contributed by atoms with Gasteiger partial charge in [-0.1, -0.05) is 29.8 Å². The second-order valence-electron chi connectivity index (χ2n) is 4.62. The monoisotopic (exact) mass is 375 g/mol. The van der Waals surface area contributed by atoms with Gasteiger partial charge in [0, 0.05) is 17.3 Å². The fourth-order valence-electron chi connectivity index (χ4n) is 1.69. The SMILES string of the molecule is CCCOC(=S)Cc1cc(NC(=O)CCC)c(F)cc1Br. The van der Waals surface area contributed by atoms with E-state index in [1.165, 1.54) is 6.07 Å². The van der Waals surface area contributed by atoms with Crippen molar-refractivity contribution in [3.63, 3.8) is 0 Å². The highest BCUT2D eigenvalue weighted by Crippen LogP contribution is 2.26. The predicted molar refractivity (Wildman–Crippen MR) is 90.2 cm³/mol. The number of benzene rings is 1. The Hall–Kier alpha value is -1.01. The van der Waals surface area contributed by atoms with Gasteiger partial charge in [-0.3, -0.25) is 4.79 Å². The van der Waals surface area contributed by atoms with E-state index in [0.717, 1.165) is 12.0 Å². The Balaban J connectivity index is 2.85. The fraction of sp³-hybridized carbons (Fsp3) is 0.467. The van der Waals surface area contributed by atoms with Crippen molar-refractivity contribution in [1.29, 1.82) is 0 Å². The number of nitrogens with one attached hydrogen (secondary N) is 1. The van der Waals surface area contributed by atoms with Crippen LogP contribution < -0.4 is 5.32 Å². The molecule has 0 radical (unpaired) electrons. The normalized spacial score (nSPS) is 10.3. The van der Waals surface area contributed by atoms with E-state index >= 15 is 0 Å². The van der Waals surface area contributed by atoms with Crippen LogP contribution in [0.5, 0.6) is 0 Å². The van der Waals surface area contributed by atoms with E-state index in [1.807, 2.05) is 13.8 Å². The standard InChI is InChI=1S/C15H19BrFNO2S/c1-3-5-14(19)18-13-7-10(11(16)9-12(13)17)8-15(21)20-6-4-2/h7,9H,3-6,8H2,1-2H3,(H,18,19). The molecule has 6 heteroatoms. The van der Waals surface area contributed by atoms with Crippen molar-refractivity contribution in [2.24, 2.45) is 0 Å². The molecule has 0 heterocycles. The summed E-state index contributed by atoms with van der Waals surface area (Å²) in [5, 5.41) is 3.03. The zero-order valence-electron chi connectivity index (χ0n) is 12.2. The lowest BCUT2D eigenvalue weighted by atomic mass is 10.1. The maximum atomic E-state index is 13.9. The second kappa shape index (κ2) is 9.10. The number of halogens is 2. The first-order valence-corrected chi connectivity index (χ1v) is 8.11. The minimum atomic E-state index is -0.476. The van der Waals surface area contributed by atoms with Gasteiger partial charge in [0.25, 0.3) is 0 Å². The van der Waals surface area contributed by atoms with Crippen LogP contribution in [0.4, 0.5) is 10.1 Å². The lowest BCUT2D eigenvalue weighted by molar-refractivity contribution is -0.116. The molecular weight excluding hydrogens is 357 g/mol. The zero-order valence-corrected chi connectivity index (χ0v) is 14.6. The molecule has 0 saturated carbocycles. The summed E-state index contributed by atoms with van der Waals surface area (Å²) in [6.07, 6.45) is 2.35. The molecule has 0 aromatic heterocycles. The summed E-state index contributed by atoms with van der Waals surface area (Å²) in [7, 11) is 0. The molecule has 0 bridgehead atoms. The molecule has 1 rings (SSSR count). The van der Waals surface area contributed by atoms with Crippen molar-refractivity contribution in [2.75, 3.05) is 11.9 Å². The van der Waals surface area contributed by atoms with Crippen molar-refractivity contribution in [1.82, 2.24) is 0 Å². The number of rotatable bonds is 7. The topological polar surface area (TPSA) is 38.3 Å². The van der Waals surface area contributed by atoms with Crippen LogP contribution >= 0.6 is 28.1 Å². The third kappa shape index (κ3) is 6.09. The molecule has 0 aliphatic rings. The van der Waals surface area contributed by atoms with Crippen LogP contribution in [0.1, 0.15) is 38.7 Å². The van der Waals surface area contributed by atoms with Crippen molar-refractivity contribution in [2.45, 2.75) is 39.5 Å². The first kappa shape index (κ1) is 18.0. The predicted octanol–water partition coefficient (Wildman–Crippen LogP) is 4.62. The van der Waals surface area contributed by atoms with Crippen molar-refractivity contribution in [3.05, 3.63) is 28.0 Å². The maximum Gasteiger partial charge on any atom is 0.224 e. The number of amides is 1. The Kier molecular flexibility index (Phi) is 7.82. The van der Waals surface area contributed by atoms with Gasteiger partial charge in [0.1, 0.15) is 5.82 Å². The van der Waals surface area contributed by atoms with Gasteiger partial charge in [0.2, 0.25) is 5.91 Å². The second-order valence-corrected chi connectivity index (χ2v) is 5.93. The highest BCUT2D eigenvalue weighted by Gasteiger charge is 2.12. The molecule has 21 heavy (non-hydrogen) atoms. The van der Waals surface area contributed by atoms with Crippen LogP contribution in [0.3, 0.4) is 0 Å². The van der Waals surface area contributed by atoms with Gasteiger partial charge in [-0.2, -0.15) is 0 Å². The highest BCUT2D eigenvalue weighted by atomic mass is 79.9. The van der Waals surface area contributed by atoms with Crippen LogP contribution in [0.25, 0.3) is 0 Å². The Bertz CT molecular complexity index is 523. The molecule has 0 unspecified atom stereocenters. The van der Waals surface area contributed by atoms with E-state index in [2.05, 4.69) is 21.2 Å². The molecule has 1 amide bonds. The summed E-state index contributed by atoms with van der Waals surface area (Å²) in [4.78, 5) is 11.6. The number of thiocarbonyl (C=S) groups is 1. The van der Waals surface area contributed by atoms with Gasteiger partial charge < -0.3 is 10.1 Å². The van der Waals surface area contributed by atoms with E-state index in [0.29, 0.717) is 35.4 Å². The third-order valence-corrected chi connectivity index (χ3v) is 3.69. The summed E-state index contributed by atoms with van der Waals surface area (Å²) in [5.41, 5.74) is 0.953. The largest absolute Gasteiger partial charge is 0.487 e. The summed E-state index contributed by atoms with van der Waals surface area (Å²) in [6, 6.07) is 2.92. The van der Waals surface area contributed by atoms with Crippen LogP contribution in [-0.2, 0) is 16.0 Å². The van der Waals surface area contributed by atoms with Gasteiger partial charge in [0.05, 0.1) is 12.3 Å². The number of carbonyl (C=O) groups excluding carboxylic acids is 1. The Morgan fingerprint density at radius 1 is 1.38 bits per heavy atom. The van der Waals surface area contributed by atoms with Gasteiger partial charge in [-0.15, -0.1) is 0 Å². The van der Waals surface area contributed by atoms with E-state index in [4.69, 9.17) is 17.0 Å². The third-order valence-electron chi connectivity index (χ3n) is 2.69. The quantitative estimate of drug-likeness (QED) is 0.706. The Morgan fingerprint density at radius 3 is 2.71 bits per heavy atom. The van der Waals surface area contributed by atoms with Crippen LogP contribution in [-0.4, -0.2) is 17.6 Å². The molecule has 0 saturated heterocycles. The fourth-order valence-corrected chi connectivity index (χ4v) is 2.38. The average molecular weight is 376 g/mol. The van der Waals surface area contributed by atoms with Crippen molar-refractivity contribution >= 4 is 44.8 Å². The summed E-state index contributed by atoms with van der Waals surface area (Å²) >= 11 is 8.45. The van der Waals surface area contributed by atoms with Crippen LogP contribution in [0.15, 0.2) is 16.6 Å². The van der Waals surface area contributed by atoms with Crippen LogP contribution in [0.2, 0.25) is 0 Å². The molecule has 116 valence electrons. The average Bonchev–Trinajstić information content (AvgIpc) is 2.42. The lowest BCUT2D eigenvalue weighted by Crippen LogP contribution is -2.13. The summed E-state index contributed by atoms with van der Waals surface area (Å²) in [6.45, 7) is 4.46. The summed E-state index contributed by atoms with van der Waals surface area (Å²) in [5.74, 6) is -0.676. The summed E-state index contributed by atoms with van der Waals surface area (Å²) < 4.78 is 19.8. The van der Waals surface area contributed by atoms with E-state index in [1.54, 1.807) is 6.07 Å². The number of hydrogen-bond acceptors (Lipinski definition) is 3. The molecule has 0 fully saturated rings. The van der Waals surface area contributed by atoms with E-state index in [9.17, 15) is 9.18 Å². The number of anilines is 1. The molecular formula is C15H19BrFNO2S. The first-order valence-electron chi connectivity index (χ1n) is 6.91. The minimum Gasteiger partial charge on any atom is -0.487 e. The van der Waals surface area contributed by atoms with Gasteiger partial charge in [-0.05, 0) is 42.8 Å². The molecule has 0 aliphatic heterocycles. The number of ether oxygens (including phenoxy) is 1. The van der Waals surface area contributed by atoms with E-state index < -0.39 is 5.82 Å². The smallest absolute Gasteiger partial charge is 0.224 e. The molecule has 1 aromatic rings. The van der Waals surface area contributed by atoms with E-state index in [-0.39, 0.29) is 11.6 Å². The molecule has 3 nitrogen and oxygen atoms in total. The van der Waals surface area contributed by atoms with Crippen molar-refractivity contribution in [3.8, 4) is 0 Å². The lowest BCUT2D eigenvalue weighted by Gasteiger charge is -2.12.